The van der Waals surface area contributed by atoms with Gasteiger partial charge in [0.05, 0.1) is 14.2 Å². The van der Waals surface area contributed by atoms with Crippen molar-refractivity contribution in [3.8, 4) is 17.2 Å². The lowest BCUT2D eigenvalue weighted by molar-refractivity contribution is 0.0446. The van der Waals surface area contributed by atoms with E-state index in [1.165, 1.54) is 14.2 Å². The molecule has 23 heavy (non-hydrogen) atoms. The highest BCUT2D eigenvalue weighted by Crippen LogP contribution is 2.31. The maximum Gasteiger partial charge on any atom is 0.342 e. The fraction of sp³-hybridized carbons (Fsp3) is 0.235. The van der Waals surface area contributed by atoms with Crippen LogP contribution in [0.1, 0.15) is 10.4 Å². The summed E-state index contributed by atoms with van der Waals surface area (Å²) in [6.07, 6.45) is 0. The molecule has 2 aromatic rings. The molecule has 122 valence electrons. The van der Waals surface area contributed by atoms with E-state index in [0.29, 0.717) is 22.8 Å². The number of rotatable bonds is 7. The largest absolute Gasteiger partial charge is 0.493 e. The van der Waals surface area contributed by atoms with Crippen LogP contribution in [-0.4, -0.2) is 33.4 Å². The molecule has 0 amide bonds. The van der Waals surface area contributed by atoms with Crippen LogP contribution in [0.25, 0.3) is 0 Å². The maximum absolute atomic E-state index is 12.1. The fourth-order valence-electron chi connectivity index (χ4n) is 1.98. The molecule has 0 aromatic heterocycles. The van der Waals surface area contributed by atoms with Crippen LogP contribution in [0.2, 0.25) is 0 Å². The minimum Gasteiger partial charge on any atom is -0.493 e. The molecule has 0 N–H and O–H groups in total. The Kier molecular flexibility index (Phi) is 6.29. The topological polar surface area (TPSA) is 54.0 Å². The van der Waals surface area contributed by atoms with Gasteiger partial charge in [0, 0.05) is 4.47 Å². The molecular weight excluding hydrogens is 364 g/mol. The number of carbonyl (C=O) groups is 1. The van der Waals surface area contributed by atoms with Crippen molar-refractivity contribution in [1.29, 1.82) is 0 Å². The summed E-state index contributed by atoms with van der Waals surface area (Å²) in [5, 5.41) is 0. The summed E-state index contributed by atoms with van der Waals surface area (Å²) in [6.45, 7) is 0.389. The quantitative estimate of drug-likeness (QED) is 0.541. The van der Waals surface area contributed by atoms with Gasteiger partial charge >= 0.3 is 5.97 Å². The summed E-state index contributed by atoms with van der Waals surface area (Å²) >= 11 is 3.36. The second-order valence-corrected chi connectivity index (χ2v) is 5.40. The second kappa shape index (κ2) is 8.43. The normalized spacial score (nSPS) is 10.0. The Morgan fingerprint density at radius 1 is 1.04 bits per heavy atom. The van der Waals surface area contributed by atoms with E-state index in [4.69, 9.17) is 18.9 Å². The van der Waals surface area contributed by atoms with E-state index >= 15 is 0 Å². The van der Waals surface area contributed by atoms with Gasteiger partial charge in [-0.05, 0) is 30.3 Å². The molecule has 0 atom stereocenters. The standard InChI is InChI=1S/C17H17BrO5/c1-20-15-8-4-7-14(16(15)21-2)17(19)23-10-9-22-13-6-3-5-12(18)11-13/h3-8,11H,9-10H2,1-2H3. The molecule has 0 saturated carbocycles. The van der Waals surface area contributed by atoms with E-state index in [0.717, 1.165) is 4.47 Å². The van der Waals surface area contributed by atoms with E-state index < -0.39 is 5.97 Å². The average molecular weight is 381 g/mol. The van der Waals surface area contributed by atoms with Crippen LogP contribution < -0.4 is 14.2 Å². The third-order valence-electron chi connectivity index (χ3n) is 3.00. The SMILES string of the molecule is COc1cccc(C(=O)OCCOc2cccc(Br)c2)c1OC. The van der Waals surface area contributed by atoms with Gasteiger partial charge in [0.2, 0.25) is 0 Å². The van der Waals surface area contributed by atoms with Gasteiger partial charge in [-0.15, -0.1) is 0 Å². The number of hydrogen-bond donors (Lipinski definition) is 0. The van der Waals surface area contributed by atoms with E-state index in [2.05, 4.69) is 15.9 Å². The van der Waals surface area contributed by atoms with Crippen molar-refractivity contribution in [3.63, 3.8) is 0 Å². The van der Waals surface area contributed by atoms with E-state index in [1.54, 1.807) is 18.2 Å². The van der Waals surface area contributed by atoms with Crippen LogP contribution in [0.3, 0.4) is 0 Å². The predicted octanol–water partition coefficient (Wildman–Crippen LogP) is 3.70. The molecule has 0 fully saturated rings. The molecule has 0 spiro atoms. The van der Waals surface area contributed by atoms with E-state index in [9.17, 15) is 4.79 Å². The van der Waals surface area contributed by atoms with Crippen LogP contribution in [-0.2, 0) is 4.74 Å². The lowest BCUT2D eigenvalue weighted by Crippen LogP contribution is -2.13. The first kappa shape index (κ1) is 17.1. The number of halogens is 1. The van der Waals surface area contributed by atoms with Gasteiger partial charge in [-0.2, -0.15) is 0 Å². The van der Waals surface area contributed by atoms with Crippen LogP contribution >= 0.6 is 15.9 Å². The van der Waals surface area contributed by atoms with Gasteiger partial charge in [0.1, 0.15) is 24.5 Å². The Bertz CT molecular complexity index is 672. The maximum atomic E-state index is 12.1. The number of ether oxygens (including phenoxy) is 4. The van der Waals surface area contributed by atoms with Crippen molar-refractivity contribution in [3.05, 3.63) is 52.5 Å². The van der Waals surface area contributed by atoms with Crippen molar-refractivity contribution in [1.82, 2.24) is 0 Å². The number of methoxy groups -OCH3 is 2. The molecule has 0 unspecified atom stereocenters. The van der Waals surface area contributed by atoms with Crippen LogP contribution in [0.4, 0.5) is 0 Å². The van der Waals surface area contributed by atoms with Gasteiger partial charge in [-0.3, -0.25) is 0 Å². The zero-order valence-electron chi connectivity index (χ0n) is 12.9. The summed E-state index contributed by atoms with van der Waals surface area (Å²) in [5.41, 5.74) is 0.314. The number of carbonyl (C=O) groups excluding carboxylic acids is 1. The second-order valence-electron chi connectivity index (χ2n) is 4.48. The third-order valence-corrected chi connectivity index (χ3v) is 3.50. The van der Waals surface area contributed by atoms with E-state index in [-0.39, 0.29) is 13.2 Å². The van der Waals surface area contributed by atoms with Crippen molar-refractivity contribution in [2.45, 2.75) is 0 Å². The molecule has 0 aliphatic heterocycles. The number of esters is 1. The van der Waals surface area contributed by atoms with E-state index in [1.807, 2.05) is 24.3 Å². The molecule has 5 nitrogen and oxygen atoms in total. The first-order valence-corrected chi connectivity index (χ1v) is 7.71. The van der Waals surface area contributed by atoms with Gasteiger partial charge in [-0.1, -0.05) is 28.1 Å². The molecule has 2 aromatic carbocycles. The van der Waals surface area contributed by atoms with Crippen molar-refractivity contribution >= 4 is 21.9 Å². The van der Waals surface area contributed by atoms with Crippen molar-refractivity contribution in [2.24, 2.45) is 0 Å². The molecule has 6 heteroatoms. The number of para-hydroxylation sites is 1. The van der Waals surface area contributed by atoms with Crippen LogP contribution in [0, 0.1) is 0 Å². The zero-order chi connectivity index (χ0) is 16.7. The molecular formula is C17H17BrO5. The summed E-state index contributed by atoms with van der Waals surface area (Å²) < 4.78 is 22.0. The molecule has 0 heterocycles. The first-order valence-electron chi connectivity index (χ1n) is 6.92. The Balaban J connectivity index is 1.90. The zero-order valence-corrected chi connectivity index (χ0v) is 14.5. The third kappa shape index (κ3) is 4.63. The monoisotopic (exact) mass is 380 g/mol. The fourth-order valence-corrected chi connectivity index (χ4v) is 2.35. The molecule has 2 rings (SSSR count). The van der Waals surface area contributed by atoms with Gasteiger partial charge < -0.3 is 18.9 Å². The average Bonchev–Trinajstić information content (AvgIpc) is 2.57. The lowest BCUT2D eigenvalue weighted by Gasteiger charge is -2.12. The first-order chi connectivity index (χ1) is 11.2. The Hall–Kier alpha value is -2.21. The van der Waals surface area contributed by atoms with Gasteiger partial charge in [0.15, 0.2) is 11.5 Å². The van der Waals surface area contributed by atoms with Crippen LogP contribution in [0.5, 0.6) is 17.2 Å². The number of hydrogen-bond acceptors (Lipinski definition) is 5. The van der Waals surface area contributed by atoms with Crippen molar-refractivity contribution < 1.29 is 23.7 Å². The predicted molar refractivity (Wildman–Crippen MR) is 89.5 cm³/mol. The summed E-state index contributed by atoms with van der Waals surface area (Å²) in [6, 6.07) is 12.5. The number of benzene rings is 2. The van der Waals surface area contributed by atoms with Crippen LogP contribution in [0.15, 0.2) is 46.9 Å². The molecule has 0 radical (unpaired) electrons. The van der Waals surface area contributed by atoms with Gasteiger partial charge in [-0.25, -0.2) is 4.79 Å². The molecule has 0 aliphatic rings. The Labute approximate surface area is 143 Å². The van der Waals surface area contributed by atoms with Gasteiger partial charge in [0.25, 0.3) is 0 Å². The smallest absolute Gasteiger partial charge is 0.342 e. The summed E-state index contributed by atoms with van der Waals surface area (Å²) in [4.78, 5) is 12.1. The Morgan fingerprint density at radius 3 is 2.52 bits per heavy atom. The summed E-state index contributed by atoms with van der Waals surface area (Å²) in [5.74, 6) is 1.05. The molecule has 0 saturated heterocycles. The summed E-state index contributed by atoms with van der Waals surface area (Å²) in [7, 11) is 2.99. The molecule has 0 bridgehead atoms. The highest BCUT2D eigenvalue weighted by atomic mass is 79.9. The lowest BCUT2D eigenvalue weighted by atomic mass is 10.2. The molecule has 0 aliphatic carbocycles. The minimum atomic E-state index is -0.487. The highest BCUT2D eigenvalue weighted by molar-refractivity contribution is 9.10. The highest BCUT2D eigenvalue weighted by Gasteiger charge is 2.17. The van der Waals surface area contributed by atoms with Crippen molar-refractivity contribution in [2.75, 3.05) is 27.4 Å². The Morgan fingerprint density at radius 2 is 1.83 bits per heavy atom. The minimum absolute atomic E-state index is 0.131.